The van der Waals surface area contributed by atoms with Crippen LogP contribution in [0.1, 0.15) is 34.6 Å². The maximum Gasteiger partial charge on any atom is 0.410 e. The van der Waals surface area contributed by atoms with Gasteiger partial charge >= 0.3 is 12.1 Å². The van der Waals surface area contributed by atoms with Crippen LogP contribution in [-0.2, 0) is 9.53 Å². The fourth-order valence-electron chi connectivity index (χ4n) is 1.84. The van der Waals surface area contributed by atoms with Gasteiger partial charge in [-0.3, -0.25) is 4.79 Å². The van der Waals surface area contributed by atoms with Crippen molar-refractivity contribution in [3.63, 3.8) is 0 Å². The van der Waals surface area contributed by atoms with Crippen LogP contribution in [0.2, 0.25) is 0 Å². The highest BCUT2D eigenvalue weighted by atomic mass is 16.6. The normalized spacial score (nSPS) is 18.8. The van der Waals surface area contributed by atoms with Gasteiger partial charge in [-0.25, -0.2) is 4.79 Å². The Bertz CT molecular complexity index is 324. The van der Waals surface area contributed by atoms with Gasteiger partial charge in [-0.05, 0) is 26.7 Å². The van der Waals surface area contributed by atoms with Gasteiger partial charge in [0.25, 0.3) is 0 Å². The third-order valence-electron chi connectivity index (χ3n) is 3.13. The lowest BCUT2D eigenvalue weighted by Gasteiger charge is -2.49. The standard InChI is InChI=1S/C12H21NO4/c1-8(2)12(9(14)15)6-13(7-12)10(16)17-11(3,4)5/h8H,6-7H2,1-5H3,(H,14,15). The van der Waals surface area contributed by atoms with E-state index in [1.165, 1.54) is 4.90 Å². The molecule has 1 aliphatic heterocycles. The number of nitrogens with zero attached hydrogens (tertiary/aromatic N) is 1. The first-order chi connectivity index (χ1) is 7.58. The van der Waals surface area contributed by atoms with Crippen molar-refractivity contribution in [3.8, 4) is 0 Å². The van der Waals surface area contributed by atoms with Crippen molar-refractivity contribution >= 4 is 12.1 Å². The zero-order chi connectivity index (χ0) is 13.4. The molecule has 1 fully saturated rings. The van der Waals surface area contributed by atoms with Gasteiger partial charge < -0.3 is 14.7 Å². The Kier molecular flexibility index (Phi) is 3.41. The van der Waals surface area contributed by atoms with Crippen LogP contribution in [0, 0.1) is 11.3 Å². The number of carboxylic acid groups (broad SMARTS) is 1. The number of carbonyl (C=O) groups is 2. The van der Waals surface area contributed by atoms with Crippen molar-refractivity contribution < 1.29 is 19.4 Å². The molecule has 0 radical (unpaired) electrons. The predicted octanol–water partition coefficient (Wildman–Crippen LogP) is 1.96. The molecule has 1 heterocycles. The predicted molar refractivity (Wildman–Crippen MR) is 62.7 cm³/mol. The Morgan fingerprint density at radius 1 is 1.29 bits per heavy atom. The highest BCUT2D eigenvalue weighted by Crippen LogP contribution is 2.38. The molecule has 1 amide bonds. The molecule has 0 aromatic carbocycles. The molecule has 0 aromatic heterocycles. The van der Waals surface area contributed by atoms with Crippen LogP contribution >= 0.6 is 0 Å². The van der Waals surface area contributed by atoms with Crippen LogP contribution in [0.5, 0.6) is 0 Å². The third kappa shape index (κ3) is 2.70. The first-order valence-electron chi connectivity index (χ1n) is 5.80. The van der Waals surface area contributed by atoms with E-state index in [4.69, 9.17) is 4.74 Å². The molecule has 1 N–H and O–H groups in total. The molecule has 0 bridgehead atoms. The van der Waals surface area contributed by atoms with E-state index in [1.807, 2.05) is 13.8 Å². The number of aliphatic carboxylic acids is 1. The highest BCUT2D eigenvalue weighted by molar-refractivity contribution is 5.81. The van der Waals surface area contributed by atoms with Gasteiger partial charge in [0, 0.05) is 13.1 Å². The van der Waals surface area contributed by atoms with E-state index < -0.39 is 23.1 Å². The van der Waals surface area contributed by atoms with Gasteiger partial charge in [0.15, 0.2) is 0 Å². The number of hydrogen-bond acceptors (Lipinski definition) is 3. The molecule has 0 unspecified atom stereocenters. The van der Waals surface area contributed by atoms with Gasteiger partial charge in [-0.1, -0.05) is 13.8 Å². The SMILES string of the molecule is CC(C)C1(C(=O)O)CN(C(=O)OC(C)(C)C)C1. The number of hydrogen-bond donors (Lipinski definition) is 1. The molecule has 0 spiro atoms. The van der Waals surface area contributed by atoms with Crippen LogP contribution in [0.3, 0.4) is 0 Å². The van der Waals surface area contributed by atoms with Gasteiger partial charge in [0.05, 0.1) is 0 Å². The van der Waals surface area contributed by atoms with E-state index in [-0.39, 0.29) is 19.0 Å². The number of likely N-dealkylation sites (tertiary alicyclic amines) is 1. The summed E-state index contributed by atoms with van der Waals surface area (Å²) >= 11 is 0. The summed E-state index contributed by atoms with van der Waals surface area (Å²) in [7, 11) is 0. The molecule has 1 saturated heterocycles. The van der Waals surface area contributed by atoms with E-state index in [2.05, 4.69) is 0 Å². The highest BCUT2D eigenvalue weighted by Gasteiger charge is 2.54. The minimum absolute atomic E-state index is 0.00122. The van der Waals surface area contributed by atoms with E-state index >= 15 is 0 Å². The minimum Gasteiger partial charge on any atom is -0.481 e. The molecule has 1 rings (SSSR count). The maximum atomic E-state index is 11.7. The van der Waals surface area contributed by atoms with E-state index in [1.54, 1.807) is 20.8 Å². The fraction of sp³-hybridized carbons (Fsp3) is 0.833. The monoisotopic (exact) mass is 243 g/mol. The fourth-order valence-corrected chi connectivity index (χ4v) is 1.84. The zero-order valence-corrected chi connectivity index (χ0v) is 11.1. The van der Waals surface area contributed by atoms with Crippen molar-refractivity contribution in [3.05, 3.63) is 0 Å². The molecular weight excluding hydrogens is 222 g/mol. The molecule has 1 aliphatic rings. The van der Waals surface area contributed by atoms with Gasteiger partial charge in [0.1, 0.15) is 11.0 Å². The number of ether oxygens (including phenoxy) is 1. The van der Waals surface area contributed by atoms with E-state index in [0.717, 1.165) is 0 Å². The van der Waals surface area contributed by atoms with Crippen molar-refractivity contribution in [2.24, 2.45) is 11.3 Å². The Balaban J connectivity index is 2.61. The lowest BCUT2D eigenvalue weighted by Crippen LogP contribution is -2.65. The van der Waals surface area contributed by atoms with Gasteiger partial charge in [-0.2, -0.15) is 0 Å². The average molecular weight is 243 g/mol. The number of carbonyl (C=O) groups excluding carboxylic acids is 1. The smallest absolute Gasteiger partial charge is 0.410 e. The second-order valence-electron chi connectivity index (χ2n) is 5.95. The van der Waals surface area contributed by atoms with Crippen molar-refractivity contribution in [2.45, 2.75) is 40.2 Å². The molecule has 0 aliphatic carbocycles. The summed E-state index contributed by atoms with van der Waals surface area (Å²) in [6.45, 7) is 9.55. The maximum absolute atomic E-state index is 11.7. The van der Waals surface area contributed by atoms with Crippen molar-refractivity contribution in [1.82, 2.24) is 4.90 Å². The summed E-state index contributed by atoms with van der Waals surface area (Å²) in [5.41, 5.74) is -1.35. The van der Waals surface area contributed by atoms with Crippen molar-refractivity contribution in [2.75, 3.05) is 13.1 Å². The topological polar surface area (TPSA) is 66.8 Å². The van der Waals surface area contributed by atoms with Gasteiger partial charge in [-0.15, -0.1) is 0 Å². The summed E-state index contributed by atoms with van der Waals surface area (Å²) in [4.78, 5) is 24.3. The van der Waals surface area contributed by atoms with Crippen LogP contribution in [0.25, 0.3) is 0 Å². The second-order valence-corrected chi connectivity index (χ2v) is 5.95. The molecule has 98 valence electrons. The number of amides is 1. The largest absolute Gasteiger partial charge is 0.481 e. The summed E-state index contributed by atoms with van der Waals surface area (Å²) in [5.74, 6) is -0.842. The lowest BCUT2D eigenvalue weighted by atomic mass is 9.71. The van der Waals surface area contributed by atoms with Crippen LogP contribution in [0.15, 0.2) is 0 Å². The number of rotatable bonds is 2. The minimum atomic E-state index is -0.840. The average Bonchev–Trinajstić information content (AvgIpc) is 1.95. The summed E-state index contributed by atoms with van der Waals surface area (Å²) in [6.07, 6.45) is -0.435. The molecule has 5 heteroatoms. The Hall–Kier alpha value is -1.26. The molecule has 0 aromatic rings. The van der Waals surface area contributed by atoms with Crippen LogP contribution in [-0.4, -0.2) is 40.8 Å². The zero-order valence-electron chi connectivity index (χ0n) is 11.1. The van der Waals surface area contributed by atoms with Crippen LogP contribution < -0.4 is 0 Å². The molecule has 0 atom stereocenters. The molecule has 0 saturated carbocycles. The molecular formula is C12H21NO4. The van der Waals surface area contributed by atoms with E-state index in [0.29, 0.717) is 0 Å². The van der Waals surface area contributed by atoms with Crippen molar-refractivity contribution in [1.29, 1.82) is 0 Å². The summed E-state index contributed by atoms with van der Waals surface area (Å²) in [6, 6.07) is 0. The van der Waals surface area contributed by atoms with E-state index in [9.17, 15) is 14.7 Å². The van der Waals surface area contributed by atoms with Crippen LogP contribution in [0.4, 0.5) is 4.79 Å². The summed E-state index contributed by atoms with van der Waals surface area (Å²) < 4.78 is 5.19. The summed E-state index contributed by atoms with van der Waals surface area (Å²) in [5, 5.41) is 9.21. The third-order valence-corrected chi connectivity index (χ3v) is 3.13. The second kappa shape index (κ2) is 4.20. The first-order valence-corrected chi connectivity index (χ1v) is 5.80. The van der Waals surface area contributed by atoms with Gasteiger partial charge in [0.2, 0.25) is 0 Å². The first kappa shape index (κ1) is 13.8. The number of carboxylic acids is 1. The quantitative estimate of drug-likeness (QED) is 0.805. The Morgan fingerprint density at radius 3 is 2.06 bits per heavy atom. The molecule has 5 nitrogen and oxygen atoms in total. The lowest BCUT2D eigenvalue weighted by molar-refractivity contribution is -0.164. The molecule has 17 heavy (non-hydrogen) atoms. The Morgan fingerprint density at radius 2 is 1.76 bits per heavy atom. The Labute approximate surface area is 102 Å².